The molecule has 1 aliphatic heterocycles. The zero-order valence-corrected chi connectivity index (χ0v) is 13.2. The minimum absolute atomic E-state index is 0.0838. The van der Waals surface area contributed by atoms with Crippen LogP contribution in [0.3, 0.4) is 0 Å². The van der Waals surface area contributed by atoms with Gasteiger partial charge >= 0.3 is 0 Å². The molecule has 0 saturated carbocycles. The molecule has 8 heteroatoms. The molecule has 3 atom stereocenters. The number of aliphatic hydroxyl groups excluding tert-OH is 2. The SMILES string of the molecule is CCCCNC(=O)C1[C@H](O)[C@@H](O)CN1C(=O)COCCOC. The zero-order chi connectivity index (χ0) is 16.5. The number of nitrogens with one attached hydrogen (secondary N) is 1. The molecule has 2 amide bonds. The first-order valence-corrected chi connectivity index (χ1v) is 7.52. The van der Waals surface area contributed by atoms with Crippen molar-refractivity contribution >= 4 is 11.8 Å². The molecule has 0 aromatic heterocycles. The summed E-state index contributed by atoms with van der Waals surface area (Å²) in [6.45, 7) is 2.78. The molecule has 1 saturated heterocycles. The number of likely N-dealkylation sites (tertiary alicyclic amines) is 1. The third kappa shape index (κ3) is 5.20. The number of hydrogen-bond donors (Lipinski definition) is 3. The van der Waals surface area contributed by atoms with Gasteiger partial charge in [-0.2, -0.15) is 0 Å². The maximum atomic E-state index is 12.1. The minimum Gasteiger partial charge on any atom is -0.388 e. The molecule has 3 N–H and O–H groups in total. The van der Waals surface area contributed by atoms with E-state index in [1.807, 2.05) is 6.92 Å². The molecular weight excluding hydrogens is 292 g/mol. The molecule has 0 aliphatic carbocycles. The molecule has 1 heterocycles. The molecule has 0 aromatic rings. The predicted octanol–water partition coefficient (Wildman–Crippen LogP) is -1.50. The van der Waals surface area contributed by atoms with Crippen LogP contribution in [0.5, 0.6) is 0 Å². The average molecular weight is 318 g/mol. The number of β-amino-alcohol motifs (C(OH)–C–C–N with tert-alkyl or cyclic N) is 1. The van der Waals surface area contributed by atoms with Crippen molar-refractivity contribution in [2.45, 2.75) is 38.0 Å². The van der Waals surface area contributed by atoms with Crippen LogP contribution in [0.25, 0.3) is 0 Å². The Bertz CT molecular complexity index is 365. The Kier molecular flexibility index (Phi) is 8.32. The summed E-state index contributed by atoms with van der Waals surface area (Å²) < 4.78 is 9.94. The van der Waals surface area contributed by atoms with Gasteiger partial charge < -0.3 is 29.9 Å². The smallest absolute Gasteiger partial charge is 0.249 e. The third-order valence-electron chi connectivity index (χ3n) is 3.51. The summed E-state index contributed by atoms with van der Waals surface area (Å²) in [6, 6.07) is -1.08. The molecule has 1 rings (SSSR count). The second-order valence-electron chi connectivity index (χ2n) is 5.24. The van der Waals surface area contributed by atoms with Crippen LogP contribution in [0, 0.1) is 0 Å². The van der Waals surface area contributed by atoms with Crippen molar-refractivity contribution in [3.05, 3.63) is 0 Å². The van der Waals surface area contributed by atoms with Gasteiger partial charge in [0.2, 0.25) is 11.8 Å². The van der Waals surface area contributed by atoms with Gasteiger partial charge in [0.25, 0.3) is 0 Å². The summed E-state index contributed by atoms with van der Waals surface area (Å²) in [7, 11) is 1.52. The molecule has 22 heavy (non-hydrogen) atoms. The van der Waals surface area contributed by atoms with Crippen molar-refractivity contribution < 1.29 is 29.3 Å². The highest BCUT2D eigenvalue weighted by atomic mass is 16.5. The number of carbonyl (C=O) groups excluding carboxylic acids is 2. The van der Waals surface area contributed by atoms with E-state index in [1.54, 1.807) is 0 Å². The lowest BCUT2D eigenvalue weighted by molar-refractivity contribution is -0.144. The van der Waals surface area contributed by atoms with E-state index < -0.39 is 30.1 Å². The molecule has 1 aliphatic rings. The quantitative estimate of drug-likeness (QED) is 0.447. The van der Waals surface area contributed by atoms with Gasteiger partial charge in [-0.1, -0.05) is 13.3 Å². The predicted molar refractivity (Wildman–Crippen MR) is 78.1 cm³/mol. The van der Waals surface area contributed by atoms with E-state index in [9.17, 15) is 19.8 Å². The molecule has 0 spiro atoms. The van der Waals surface area contributed by atoms with Crippen LogP contribution in [0.1, 0.15) is 19.8 Å². The second-order valence-corrected chi connectivity index (χ2v) is 5.24. The third-order valence-corrected chi connectivity index (χ3v) is 3.51. The number of amides is 2. The number of methoxy groups -OCH3 is 1. The van der Waals surface area contributed by atoms with Crippen LogP contribution < -0.4 is 5.32 Å². The molecule has 1 unspecified atom stereocenters. The molecule has 0 radical (unpaired) electrons. The minimum atomic E-state index is -1.29. The molecule has 0 aromatic carbocycles. The second kappa shape index (κ2) is 9.73. The Morgan fingerprint density at radius 2 is 2.05 bits per heavy atom. The maximum Gasteiger partial charge on any atom is 0.249 e. The Balaban J connectivity index is 2.58. The van der Waals surface area contributed by atoms with E-state index in [0.717, 1.165) is 12.8 Å². The highest BCUT2D eigenvalue weighted by Crippen LogP contribution is 2.19. The molecule has 128 valence electrons. The summed E-state index contributed by atoms with van der Waals surface area (Å²) in [5, 5.41) is 22.4. The lowest BCUT2D eigenvalue weighted by atomic mass is 10.1. The lowest BCUT2D eigenvalue weighted by Crippen LogP contribution is -2.51. The van der Waals surface area contributed by atoms with E-state index in [4.69, 9.17) is 9.47 Å². The number of ether oxygens (including phenoxy) is 2. The van der Waals surface area contributed by atoms with E-state index >= 15 is 0 Å². The van der Waals surface area contributed by atoms with Crippen LogP contribution in [0.2, 0.25) is 0 Å². The summed E-state index contributed by atoms with van der Waals surface area (Å²) in [5.74, 6) is -0.898. The van der Waals surface area contributed by atoms with Gasteiger partial charge in [-0.05, 0) is 6.42 Å². The summed E-state index contributed by atoms with van der Waals surface area (Å²) in [5.41, 5.74) is 0. The fourth-order valence-corrected chi connectivity index (χ4v) is 2.25. The zero-order valence-electron chi connectivity index (χ0n) is 13.2. The Morgan fingerprint density at radius 3 is 2.68 bits per heavy atom. The first-order valence-electron chi connectivity index (χ1n) is 7.52. The Morgan fingerprint density at radius 1 is 1.32 bits per heavy atom. The number of unbranched alkanes of at least 4 members (excludes halogenated alkanes) is 1. The van der Waals surface area contributed by atoms with E-state index in [-0.39, 0.29) is 19.8 Å². The first-order chi connectivity index (χ1) is 10.5. The normalized spacial score (nSPS) is 24.5. The summed E-state index contributed by atoms with van der Waals surface area (Å²) in [6.07, 6.45) is -0.688. The van der Waals surface area contributed by atoms with Gasteiger partial charge in [0.05, 0.1) is 25.9 Å². The molecule has 1 fully saturated rings. The highest BCUT2D eigenvalue weighted by Gasteiger charge is 2.46. The van der Waals surface area contributed by atoms with Crippen LogP contribution in [-0.2, 0) is 19.1 Å². The Labute approximate surface area is 130 Å². The van der Waals surface area contributed by atoms with Crippen molar-refractivity contribution in [1.29, 1.82) is 0 Å². The van der Waals surface area contributed by atoms with Crippen molar-refractivity contribution in [3.8, 4) is 0 Å². The van der Waals surface area contributed by atoms with Gasteiger partial charge in [-0.3, -0.25) is 9.59 Å². The van der Waals surface area contributed by atoms with E-state index in [2.05, 4.69) is 5.32 Å². The standard InChI is InChI=1S/C14H26N2O6/c1-3-4-5-15-14(20)12-13(19)10(17)8-16(12)11(18)9-22-7-6-21-2/h10,12-13,17,19H,3-9H2,1-2H3,(H,15,20)/t10-,12?,13+/m0/s1. The summed E-state index contributed by atoms with van der Waals surface area (Å²) >= 11 is 0. The number of aliphatic hydroxyl groups is 2. The van der Waals surface area contributed by atoms with E-state index in [1.165, 1.54) is 12.0 Å². The van der Waals surface area contributed by atoms with Crippen LogP contribution in [-0.4, -0.2) is 85.2 Å². The van der Waals surface area contributed by atoms with Crippen molar-refractivity contribution in [3.63, 3.8) is 0 Å². The van der Waals surface area contributed by atoms with Crippen LogP contribution >= 0.6 is 0 Å². The van der Waals surface area contributed by atoms with Crippen LogP contribution in [0.15, 0.2) is 0 Å². The number of nitrogens with zero attached hydrogens (tertiary/aromatic N) is 1. The molecule has 0 bridgehead atoms. The molecular formula is C14H26N2O6. The monoisotopic (exact) mass is 318 g/mol. The lowest BCUT2D eigenvalue weighted by Gasteiger charge is -2.25. The number of hydrogen-bond acceptors (Lipinski definition) is 6. The van der Waals surface area contributed by atoms with Gasteiger partial charge in [0, 0.05) is 13.7 Å². The van der Waals surface area contributed by atoms with Gasteiger partial charge in [-0.15, -0.1) is 0 Å². The topological polar surface area (TPSA) is 108 Å². The first kappa shape index (κ1) is 18.8. The van der Waals surface area contributed by atoms with Gasteiger partial charge in [0.15, 0.2) is 0 Å². The highest BCUT2D eigenvalue weighted by molar-refractivity contribution is 5.89. The molecule has 8 nitrogen and oxygen atoms in total. The summed E-state index contributed by atoms with van der Waals surface area (Å²) in [4.78, 5) is 25.4. The maximum absolute atomic E-state index is 12.1. The van der Waals surface area contributed by atoms with Crippen LogP contribution in [0.4, 0.5) is 0 Å². The number of rotatable bonds is 9. The average Bonchev–Trinajstić information content (AvgIpc) is 2.79. The number of carbonyl (C=O) groups is 2. The fraction of sp³-hybridized carbons (Fsp3) is 0.857. The Hall–Kier alpha value is -1.22. The fourth-order valence-electron chi connectivity index (χ4n) is 2.25. The van der Waals surface area contributed by atoms with Crippen molar-refractivity contribution in [2.24, 2.45) is 0 Å². The largest absolute Gasteiger partial charge is 0.388 e. The van der Waals surface area contributed by atoms with Crippen molar-refractivity contribution in [1.82, 2.24) is 10.2 Å². The van der Waals surface area contributed by atoms with Gasteiger partial charge in [-0.25, -0.2) is 0 Å². The van der Waals surface area contributed by atoms with Gasteiger partial charge in [0.1, 0.15) is 18.8 Å². The van der Waals surface area contributed by atoms with E-state index in [0.29, 0.717) is 13.2 Å². The van der Waals surface area contributed by atoms with Crippen molar-refractivity contribution in [2.75, 3.05) is 40.0 Å².